The van der Waals surface area contributed by atoms with Crippen LogP contribution in [0.5, 0.6) is 0 Å². The molecule has 3 nitrogen and oxygen atoms in total. The van der Waals surface area contributed by atoms with Crippen molar-refractivity contribution in [1.82, 2.24) is 15.0 Å². The van der Waals surface area contributed by atoms with Crippen LogP contribution >= 0.6 is 11.3 Å². The van der Waals surface area contributed by atoms with Crippen molar-refractivity contribution in [2.24, 2.45) is 0 Å². The normalized spacial score (nSPS) is 11.4. The number of aryl methyl sites for hydroxylation is 3. The monoisotopic (exact) mass is 471 g/mol. The van der Waals surface area contributed by atoms with E-state index in [1.165, 1.54) is 26.6 Å². The first kappa shape index (κ1) is 21.6. The Balaban J connectivity index is 1.42. The minimum absolute atomic E-state index is 0.694. The standard InChI is InChI=1S/C31H25N3S/c1-19-14-23(33-28(16-19)22-8-5-4-6-9-22)18-24-15-20(2)17-29(34-24)27-11-7-10-25-26-13-12-21(3)32-31(26)35-30(25)27/h4-17H,18H2,1-3H3. The molecule has 0 aliphatic rings. The molecule has 0 saturated heterocycles. The quantitative estimate of drug-likeness (QED) is 0.261. The van der Waals surface area contributed by atoms with Crippen LogP contribution in [-0.2, 0) is 6.42 Å². The zero-order chi connectivity index (χ0) is 23.9. The van der Waals surface area contributed by atoms with Gasteiger partial charge in [-0.2, -0.15) is 0 Å². The van der Waals surface area contributed by atoms with Crippen molar-refractivity contribution in [3.8, 4) is 22.5 Å². The number of hydrogen-bond acceptors (Lipinski definition) is 4. The van der Waals surface area contributed by atoms with Gasteiger partial charge in [0.05, 0.1) is 11.4 Å². The van der Waals surface area contributed by atoms with E-state index in [1.807, 2.05) is 13.0 Å². The topological polar surface area (TPSA) is 38.7 Å². The van der Waals surface area contributed by atoms with Crippen molar-refractivity contribution in [1.29, 1.82) is 0 Å². The van der Waals surface area contributed by atoms with E-state index in [0.717, 1.165) is 44.4 Å². The summed E-state index contributed by atoms with van der Waals surface area (Å²) in [4.78, 5) is 15.9. The Bertz CT molecular complexity index is 1700. The third kappa shape index (κ3) is 4.22. The molecule has 0 radical (unpaired) electrons. The molecule has 0 N–H and O–H groups in total. The third-order valence-corrected chi connectivity index (χ3v) is 7.41. The lowest BCUT2D eigenvalue weighted by Crippen LogP contribution is -2.00. The molecule has 6 aromatic rings. The summed E-state index contributed by atoms with van der Waals surface area (Å²) in [5.74, 6) is 0. The molecule has 0 fully saturated rings. The Kier molecular flexibility index (Phi) is 5.39. The van der Waals surface area contributed by atoms with Crippen LogP contribution in [0.25, 0.3) is 42.8 Å². The molecule has 0 atom stereocenters. The van der Waals surface area contributed by atoms with Crippen molar-refractivity contribution in [2.45, 2.75) is 27.2 Å². The molecule has 0 spiro atoms. The summed E-state index contributed by atoms with van der Waals surface area (Å²) < 4.78 is 1.24. The average molecular weight is 472 g/mol. The molecule has 0 aliphatic carbocycles. The molecule has 0 aliphatic heterocycles. The Morgan fingerprint density at radius 1 is 0.629 bits per heavy atom. The highest BCUT2D eigenvalue weighted by molar-refractivity contribution is 7.26. The first-order valence-electron chi connectivity index (χ1n) is 11.8. The van der Waals surface area contributed by atoms with Crippen molar-refractivity contribution in [3.05, 3.63) is 113 Å². The summed E-state index contributed by atoms with van der Waals surface area (Å²) >= 11 is 1.75. The summed E-state index contributed by atoms with van der Waals surface area (Å²) in [7, 11) is 0. The number of benzene rings is 2. The van der Waals surface area contributed by atoms with E-state index in [1.54, 1.807) is 11.3 Å². The van der Waals surface area contributed by atoms with E-state index < -0.39 is 0 Å². The molecule has 0 bridgehead atoms. The van der Waals surface area contributed by atoms with Crippen LogP contribution in [0.1, 0.15) is 28.2 Å². The molecular weight excluding hydrogens is 446 g/mol. The Labute approximate surface area is 209 Å². The first-order chi connectivity index (χ1) is 17.0. The van der Waals surface area contributed by atoms with Crippen molar-refractivity contribution >= 4 is 31.6 Å². The maximum absolute atomic E-state index is 5.12. The molecule has 0 saturated carbocycles. The van der Waals surface area contributed by atoms with Crippen molar-refractivity contribution in [2.75, 3.05) is 0 Å². The SMILES string of the molecule is Cc1cc(Cc2cc(C)cc(-c3cccc4c3sc3nc(C)ccc34)n2)nc(-c2ccccc2)c1. The lowest BCUT2D eigenvalue weighted by Gasteiger charge is -2.10. The van der Waals surface area contributed by atoms with Gasteiger partial charge in [-0.3, -0.25) is 9.97 Å². The lowest BCUT2D eigenvalue weighted by atomic mass is 10.0. The largest absolute Gasteiger partial charge is 0.252 e. The van der Waals surface area contributed by atoms with Crippen LogP contribution in [0.2, 0.25) is 0 Å². The second kappa shape index (κ2) is 8.71. The van der Waals surface area contributed by atoms with Gasteiger partial charge < -0.3 is 0 Å². The number of hydrogen-bond donors (Lipinski definition) is 0. The van der Waals surface area contributed by atoms with Crippen LogP contribution in [-0.4, -0.2) is 15.0 Å². The molecule has 4 heteroatoms. The van der Waals surface area contributed by atoms with Crippen molar-refractivity contribution in [3.63, 3.8) is 0 Å². The molecule has 170 valence electrons. The number of thiophene rings is 1. The minimum atomic E-state index is 0.694. The zero-order valence-electron chi connectivity index (χ0n) is 20.0. The van der Waals surface area contributed by atoms with E-state index in [0.29, 0.717) is 6.42 Å². The predicted octanol–water partition coefficient (Wildman–Crippen LogP) is 8.09. The molecule has 0 unspecified atom stereocenters. The Hall–Kier alpha value is -3.89. The number of fused-ring (bicyclic) bond motifs is 3. The summed E-state index contributed by atoms with van der Waals surface area (Å²) in [6, 6.07) is 29.8. The lowest BCUT2D eigenvalue weighted by molar-refractivity contribution is 1.01. The van der Waals surface area contributed by atoms with Gasteiger partial charge in [0.25, 0.3) is 0 Å². The molecule has 2 aromatic carbocycles. The van der Waals surface area contributed by atoms with E-state index in [-0.39, 0.29) is 0 Å². The highest BCUT2D eigenvalue weighted by Crippen LogP contribution is 2.39. The van der Waals surface area contributed by atoms with Gasteiger partial charge in [0.1, 0.15) is 4.83 Å². The fraction of sp³-hybridized carbons (Fsp3) is 0.129. The molecular formula is C31H25N3S. The van der Waals surface area contributed by atoms with E-state index in [9.17, 15) is 0 Å². The van der Waals surface area contributed by atoms with Crippen LogP contribution in [0.3, 0.4) is 0 Å². The fourth-order valence-electron chi connectivity index (χ4n) is 4.71. The maximum Gasteiger partial charge on any atom is 0.124 e. The number of rotatable bonds is 4. The maximum atomic E-state index is 5.12. The zero-order valence-corrected chi connectivity index (χ0v) is 20.9. The summed E-state index contributed by atoms with van der Waals surface area (Å²) in [5.41, 5.74) is 9.83. The summed E-state index contributed by atoms with van der Waals surface area (Å²) in [6.07, 6.45) is 0.694. The predicted molar refractivity (Wildman–Crippen MR) is 147 cm³/mol. The average Bonchev–Trinajstić information content (AvgIpc) is 3.21. The highest BCUT2D eigenvalue weighted by atomic mass is 32.1. The Morgan fingerprint density at radius 3 is 2.11 bits per heavy atom. The second-order valence-corrected chi connectivity index (χ2v) is 10.2. The van der Waals surface area contributed by atoms with E-state index >= 15 is 0 Å². The van der Waals surface area contributed by atoms with Gasteiger partial charge >= 0.3 is 0 Å². The van der Waals surface area contributed by atoms with E-state index in [4.69, 9.17) is 15.0 Å². The molecule has 4 aromatic heterocycles. The first-order valence-corrected chi connectivity index (χ1v) is 12.6. The van der Waals surface area contributed by atoms with Crippen LogP contribution in [0, 0.1) is 20.8 Å². The number of nitrogens with zero attached hydrogens (tertiary/aromatic N) is 3. The fourth-order valence-corrected chi connectivity index (χ4v) is 5.95. The van der Waals surface area contributed by atoms with Gasteiger partial charge in [-0.05, 0) is 68.3 Å². The highest BCUT2D eigenvalue weighted by Gasteiger charge is 2.14. The number of aromatic nitrogens is 3. The number of pyridine rings is 3. The van der Waals surface area contributed by atoms with Gasteiger partial charge in [0.2, 0.25) is 0 Å². The van der Waals surface area contributed by atoms with E-state index in [2.05, 4.69) is 92.7 Å². The van der Waals surface area contributed by atoms with Crippen molar-refractivity contribution < 1.29 is 0 Å². The van der Waals surface area contributed by atoms with Gasteiger partial charge in [-0.25, -0.2) is 4.98 Å². The summed E-state index contributed by atoms with van der Waals surface area (Å²) in [5, 5.41) is 2.45. The minimum Gasteiger partial charge on any atom is -0.252 e. The second-order valence-electron chi connectivity index (χ2n) is 9.17. The van der Waals surface area contributed by atoms with Gasteiger partial charge in [-0.15, -0.1) is 11.3 Å². The van der Waals surface area contributed by atoms with Crippen LogP contribution in [0.4, 0.5) is 0 Å². The third-order valence-electron chi connectivity index (χ3n) is 6.26. The Morgan fingerprint density at radius 2 is 1.34 bits per heavy atom. The molecule has 0 amide bonds. The van der Waals surface area contributed by atoms with Crippen LogP contribution in [0.15, 0.2) is 84.9 Å². The summed E-state index contributed by atoms with van der Waals surface area (Å²) in [6.45, 7) is 6.32. The molecule has 4 heterocycles. The van der Waals surface area contributed by atoms with Crippen LogP contribution < -0.4 is 0 Å². The van der Waals surface area contributed by atoms with Gasteiger partial charge in [0.15, 0.2) is 0 Å². The van der Waals surface area contributed by atoms with Gasteiger partial charge in [-0.1, -0.05) is 48.5 Å². The van der Waals surface area contributed by atoms with Gasteiger partial charge in [0, 0.05) is 50.1 Å². The smallest absolute Gasteiger partial charge is 0.124 e. The molecule has 6 rings (SSSR count). The molecule has 35 heavy (non-hydrogen) atoms.